The fourth-order valence-corrected chi connectivity index (χ4v) is 3.62. The second-order valence-corrected chi connectivity index (χ2v) is 5.61. The van der Waals surface area contributed by atoms with Crippen LogP contribution >= 0.6 is 11.3 Å². The predicted molar refractivity (Wildman–Crippen MR) is 75.4 cm³/mol. The zero-order chi connectivity index (χ0) is 13.2. The fraction of sp³-hybridized carbons (Fsp3) is 0.286. The Morgan fingerprint density at radius 1 is 1.42 bits per heavy atom. The normalized spacial score (nSPS) is 14.7. The zero-order valence-electron chi connectivity index (χ0n) is 10.4. The highest BCUT2D eigenvalue weighted by Gasteiger charge is 2.23. The lowest BCUT2D eigenvalue weighted by molar-refractivity contribution is 0.100. The highest BCUT2D eigenvalue weighted by Crippen LogP contribution is 2.39. The molecule has 0 aromatic carbocycles. The van der Waals surface area contributed by atoms with Crippen LogP contribution < -0.4 is 5.73 Å². The number of carbonyl (C=O) groups excluding carboxylic acids is 1. The van der Waals surface area contributed by atoms with Crippen LogP contribution in [-0.4, -0.2) is 12.1 Å². The fourth-order valence-electron chi connectivity index (χ4n) is 2.38. The average Bonchev–Trinajstić information content (AvgIpc) is 3.03. The first-order chi connectivity index (χ1) is 9.25. The van der Waals surface area contributed by atoms with Crippen LogP contribution in [0.5, 0.6) is 0 Å². The molecule has 98 valence electrons. The van der Waals surface area contributed by atoms with Gasteiger partial charge in [0.05, 0.1) is 18.0 Å². The van der Waals surface area contributed by atoms with Gasteiger partial charge in [-0.2, -0.15) is 0 Å². The predicted octanol–water partition coefficient (Wildman–Crippen LogP) is 3.07. The van der Waals surface area contributed by atoms with Gasteiger partial charge in [0, 0.05) is 4.88 Å². The van der Waals surface area contributed by atoms with Gasteiger partial charge in [0.2, 0.25) is 0 Å². The summed E-state index contributed by atoms with van der Waals surface area (Å²) in [5, 5.41) is 0.704. The Hall–Kier alpha value is -1.88. The minimum atomic E-state index is -0.383. The molecule has 4 nitrogen and oxygen atoms in total. The van der Waals surface area contributed by atoms with Crippen molar-refractivity contribution in [1.29, 1.82) is 0 Å². The summed E-state index contributed by atoms with van der Waals surface area (Å²) in [5.41, 5.74) is 7.21. The summed E-state index contributed by atoms with van der Waals surface area (Å²) < 4.78 is 5.20. The van der Waals surface area contributed by atoms with Crippen molar-refractivity contribution in [2.45, 2.75) is 25.7 Å². The molecule has 0 spiro atoms. The van der Waals surface area contributed by atoms with Crippen LogP contribution in [0.25, 0.3) is 0 Å². The van der Waals surface area contributed by atoms with Crippen molar-refractivity contribution in [3.05, 3.63) is 40.2 Å². The van der Waals surface area contributed by atoms with Gasteiger partial charge < -0.3 is 10.2 Å². The molecular formula is C14H14N2O2S. The number of carbonyl (C=O) groups is 1. The lowest BCUT2D eigenvalue weighted by Crippen LogP contribution is -2.14. The third-order valence-electron chi connectivity index (χ3n) is 3.25. The second kappa shape index (κ2) is 5.01. The number of primary amides is 1. The number of thiophene rings is 1. The summed E-state index contributed by atoms with van der Waals surface area (Å²) in [4.78, 5) is 17.3. The first-order valence-corrected chi connectivity index (χ1v) is 7.09. The summed E-state index contributed by atoms with van der Waals surface area (Å²) in [6.07, 6.45) is 7.47. The Balaban J connectivity index is 2.01. The number of rotatable bonds is 3. The molecule has 2 heterocycles. The molecule has 1 amide bonds. The van der Waals surface area contributed by atoms with E-state index >= 15 is 0 Å². The van der Waals surface area contributed by atoms with Crippen LogP contribution in [0.4, 0.5) is 5.00 Å². The zero-order valence-corrected chi connectivity index (χ0v) is 11.2. The summed E-state index contributed by atoms with van der Waals surface area (Å²) in [7, 11) is 0. The number of hydrogen-bond donors (Lipinski definition) is 1. The molecule has 1 aliphatic rings. The molecule has 1 aliphatic carbocycles. The number of nitrogens with zero attached hydrogens (tertiary/aromatic N) is 1. The number of aliphatic imine (C=N–C) groups is 1. The van der Waals surface area contributed by atoms with Gasteiger partial charge in [-0.25, -0.2) is 4.99 Å². The van der Waals surface area contributed by atoms with Crippen molar-refractivity contribution < 1.29 is 9.21 Å². The van der Waals surface area contributed by atoms with Gasteiger partial charge in [-0.15, -0.1) is 11.3 Å². The quantitative estimate of drug-likeness (QED) is 0.874. The number of nitrogens with two attached hydrogens (primary N) is 1. The first kappa shape index (κ1) is 12.2. The van der Waals surface area contributed by atoms with Crippen LogP contribution in [0.15, 0.2) is 27.8 Å². The molecule has 0 atom stereocenters. The van der Waals surface area contributed by atoms with E-state index in [-0.39, 0.29) is 5.91 Å². The van der Waals surface area contributed by atoms with E-state index in [1.165, 1.54) is 11.3 Å². The standard InChI is InChI=1S/C14H14N2O2S/c15-13(17)12-10-5-1-2-6-11(10)19-14(12)16-8-9-4-3-7-18-9/h3-4,7-8H,1-2,5-6H2,(H2,15,17). The number of aryl methyl sites for hydroxylation is 1. The van der Waals surface area contributed by atoms with Crippen molar-refractivity contribution in [1.82, 2.24) is 0 Å². The minimum Gasteiger partial charge on any atom is -0.463 e. The molecule has 19 heavy (non-hydrogen) atoms. The Kier molecular flexibility index (Phi) is 3.21. The monoisotopic (exact) mass is 274 g/mol. The van der Waals surface area contributed by atoms with E-state index in [0.717, 1.165) is 24.8 Å². The van der Waals surface area contributed by atoms with Crippen molar-refractivity contribution in [2.24, 2.45) is 10.7 Å². The highest BCUT2D eigenvalue weighted by atomic mass is 32.1. The molecule has 3 rings (SSSR count). The molecule has 5 heteroatoms. The lowest BCUT2D eigenvalue weighted by Gasteiger charge is -2.10. The van der Waals surface area contributed by atoms with Crippen LogP contribution in [0.3, 0.4) is 0 Å². The van der Waals surface area contributed by atoms with Gasteiger partial charge in [-0.05, 0) is 43.4 Å². The number of hydrogen-bond acceptors (Lipinski definition) is 4. The Morgan fingerprint density at radius 2 is 2.26 bits per heavy atom. The maximum Gasteiger partial charge on any atom is 0.252 e. The number of furan rings is 1. The third-order valence-corrected chi connectivity index (χ3v) is 4.45. The maximum atomic E-state index is 11.6. The highest BCUT2D eigenvalue weighted by molar-refractivity contribution is 7.16. The molecular weight excluding hydrogens is 260 g/mol. The summed E-state index contributed by atoms with van der Waals surface area (Å²) in [6, 6.07) is 3.62. The van der Waals surface area contributed by atoms with Gasteiger partial charge in [0.15, 0.2) is 0 Å². The lowest BCUT2D eigenvalue weighted by atomic mass is 9.95. The molecule has 2 aromatic heterocycles. The van der Waals surface area contributed by atoms with Gasteiger partial charge in [-0.3, -0.25) is 4.79 Å². The van der Waals surface area contributed by atoms with Crippen molar-refractivity contribution in [2.75, 3.05) is 0 Å². The number of fused-ring (bicyclic) bond motifs is 1. The van der Waals surface area contributed by atoms with E-state index in [1.54, 1.807) is 29.9 Å². The Morgan fingerprint density at radius 3 is 3.00 bits per heavy atom. The first-order valence-electron chi connectivity index (χ1n) is 6.27. The summed E-state index contributed by atoms with van der Waals surface area (Å²) in [6.45, 7) is 0. The molecule has 0 bridgehead atoms. The Labute approximate surface area is 115 Å². The van der Waals surface area contributed by atoms with Crippen LogP contribution in [0, 0.1) is 0 Å². The molecule has 0 unspecified atom stereocenters. The number of amides is 1. The molecule has 2 N–H and O–H groups in total. The van der Waals surface area contributed by atoms with Crippen LogP contribution in [-0.2, 0) is 12.8 Å². The van der Waals surface area contributed by atoms with E-state index in [9.17, 15) is 4.79 Å². The van der Waals surface area contributed by atoms with E-state index in [0.29, 0.717) is 16.3 Å². The largest absolute Gasteiger partial charge is 0.463 e. The van der Waals surface area contributed by atoms with E-state index in [4.69, 9.17) is 10.2 Å². The summed E-state index contributed by atoms with van der Waals surface area (Å²) >= 11 is 1.57. The topological polar surface area (TPSA) is 68.6 Å². The van der Waals surface area contributed by atoms with E-state index in [1.807, 2.05) is 6.07 Å². The van der Waals surface area contributed by atoms with Crippen molar-refractivity contribution >= 4 is 28.5 Å². The second-order valence-electron chi connectivity index (χ2n) is 4.53. The summed E-state index contributed by atoms with van der Waals surface area (Å²) in [5.74, 6) is 0.285. The van der Waals surface area contributed by atoms with Gasteiger partial charge in [0.25, 0.3) is 5.91 Å². The molecule has 0 saturated heterocycles. The van der Waals surface area contributed by atoms with E-state index in [2.05, 4.69) is 4.99 Å². The smallest absolute Gasteiger partial charge is 0.252 e. The minimum absolute atomic E-state index is 0.383. The molecule has 0 radical (unpaired) electrons. The maximum absolute atomic E-state index is 11.6. The van der Waals surface area contributed by atoms with Crippen LogP contribution in [0.1, 0.15) is 39.4 Å². The molecule has 2 aromatic rings. The van der Waals surface area contributed by atoms with Gasteiger partial charge >= 0.3 is 0 Å². The van der Waals surface area contributed by atoms with E-state index < -0.39 is 0 Å². The van der Waals surface area contributed by atoms with Gasteiger partial charge in [-0.1, -0.05) is 0 Å². The molecule has 0 fully saturated rings. The van der Waals surface area contributed by atoms with Gasteiger partial charge in [0.1, 0.15) is 10.8 Å². The molecule has 0 saturated carbocycles. The SMILES string of the molecule is NC(=O)c1c(N=Cc2ccco2)sc2c1CCCC2. The van der Waals surface area contributed by atoms with Crippen molar-refractivity contribution in [3.63, 3.8) is 0 Å². The third kappa shape index (κ3) is 2.33. The van der Waals surface area contributed by atoms with Crippen LogP contribution in [0.2, 0.25) is 0 Å². The van der Waals surface area contributed by atoms with Crippen molar-refractivity contribution in [3.8, 4) is 0 Å². The molecule has 0 aliphatic heterocycles. The average molecular weight is 274 g/mol. The Bertz CT molecular complexity index is 626.